The van der Waals surface area contributed by atoms with Gasteiger partial charge in [0, 0.05) is 11.4 Å². The van der Waals surface area contributed by atoms with Gasteiger partial charge in [0.25, 0.3) is 17.1 Å². The molecule has 4 rings (SSSR count). The molecule has 4 amide bonds. The molecule has 0 atom stereocenters. The van der Waals surface area contributed by atoms with Gasteiger partial charge >= 0.3 is 0 Å². The number of ether oxygens (including phenoxy) is 3. The largest absolute Gasteiger partial charge is 0.497 e. The molecule has 10 nitrogen and oxygen atoms in total. The van der Waals surface area contributed by atoms with Crippen molar-refractivity contribution in [2.24, 2.45) is 0 Å². The maximum absolute atomic E-state index is 13.1. The van der Waals surface area contributed by atoms with Gasteiger partial charge < -0.3 is 24.8 Å². The van der Waals surface area contributed by atoms with E-state index in [2.05, 4.69) is 10.6 Å². The van der Waals surface area contributed by atoms with Crippen LogP contribution in [0.25, 0.3) is 6.08 Å². The number of carbonyl (C=O) groups is 4. The first-order chi connectivity index (χ1) is 20.2. The van der Waals surface area contributed by atoms with Crippen LogP contribution in [0.5, 0.6) is 17.2 Å². The zero-order chi connectivity index (χ0) is 30.2. The fourth-order valence-electron chi connectivity index (χ4n) is 3.75. The maximum atomic E-state index is 13.1. The number of thioether (sulfide) groups is 1. The summed E-state index contributed by atoms with van der Waals surface area (Å²) < 4.78 is 30.2. The van der Waals surface area contributed by atoms with Crippen molar-refractivity contribution in [1.29, 1.82) is 0 Å². The average Bonchev–Trinajstić information content (AvgIpc) is 3.21. The molecule has 42 heavy (non-hydrogen) atoms. The van der Waals surface area contributed by atoms with Gasteiger partial charge in [0.15, 0.2) is 18.1 Å². The van der Waals surface area contributed by atoms with E-state index in [1.54, 1.807) is 43.3 Å². The Labute approximate surface area is 258 Å². The molecule has 1 heterocycles. The van der Waals surface area contributed by atoms with E-state index in [9.17, 15) is 23.6 Å². The quantitative estimate of drug-likeness (QED) is 0.197. The number of anilines is 2. The van der Waals surface area contributed by atoms with E-state index in [0.29, 0.717) is 44.4 Å². The van der Waals surface area contributed by atoms with Gasteiger partial charge in [-0.2, -0.15) is 0 Å². The van der Waals surface area contributed by atoms with Crippen LogP contribution >= 0.6 is 34.4 Å². The molecule has 0 saturated carbocycles. The summed E-state index contributed by atoms with van der Waals surface area (Å²) >= 11 is 2.74. The van der Waals surface area contributed by atoms with Crippen molar-refractivity contribution in [3.05, 3.63) is 80.5 Å². The Balaban J connectivity index is 1.43. The van der Waals surface area contributed by atoms with Crippen molar-refractivity contribution in [2.75, 3.05) is 37.5 Å². The second-order valence-corrected chi connectivity index (χ2v) is 10.8. The van der Waals surface area contributed by atoms with Crippen LogP contribution in [0.1, 0.15) is 12.5 Å². The summed E-state index contributed by atoms with van der Waals surface area (Å²) in [5.41, 5.74) is 1.47. The fourth-order valence-corrected chi connectivity index (χ4v) is 5.37. The first kappa shape index (κ1) is 30.8. The van der Waals surface area contributed by atoms with E-state index in [4.69, 9.17) is 14.2 Å². The third kappa shape index (κ3) is 8.00. The van der Waals surface area contributed by atoms with Crippen molar-refractivity contribution in [1.82, 2.24) is 4.90 Å². The van der Waals surface area contributed by atoms with E-state index in [0.717, 1.165) is 16.7 Å². The molecule has 218 valence electrons. The lowest BCUT2D eigenvalue weighted by Gasteiger charge is -2.15. The Kier molecular flexibility index (Phi) is 10.4. The van der Waals surface area contributed by atoms with Gasteiger partial charge in [0.05, 0.1) is 22.2 Å². The molecule has 0 bridgehead atoms. The van der Waals surface area contributed by atoms with Gasteiger partial charge in [-0.05, 0) is 114 Å². The van der Waals surface area contributed by atoms with Gasteiger partial charge in [-0.3, -0.25) is 24.1 Å². The van der Waals surface area contributed by atoms with E-state index in [1.807, 2.05) is 22.6 Å². The minimum atomic E-state index is -0.597. The Morgan fingerprint density at radius 2 is 1.62 bits per heavy atom. The minimum Gasteiger partial charge on any atom is -0.497 e. The van der Waals surface area contributed by atoms with E-state index >= 15 is 0 Å². The predicted octanol–water partition coefficient (Wildman–Crippen LogP) is 5.53. The lowest BCUT2D eigenvalue weighted by molar-refractivity contribution is -0.127. The van der Waals surface area contributed by atoms with Crippen molar-refractivity contribution in [2.45, 2.75) is 6.92 Å². The van der Waals surface area contributed by atoms with Crippen LogP contribution in [0.3, 0.4) is 0 Å². The minimum absolute atomic E-state index is 0.142. The zero-order valence-corrected chi connectivity index (χ0v) is 25.4. The highest BCUT2D eigenvalue weighted by Gasteiger charge is 2.36. The van der Waals surface area contributed by atoms with Gasteiger partial charge in [-0.1, -0.05) is 0 Å². The Morgan fingerprint density at radius 3 is 2.26 bits per heavy atom. The average molecular weight is 706 g/mol. The number of hydrogen-bond acceptors (Lipinski definition) is 8. The van der Waals surface area contributed by atoms with Gasteiger partial charge in [-0.25, -0.2) is 4.39 Å². The monoisotopic (exact) mass is 705 g/mol. The van der Waals surface area contributed by atoms with E-state index in [-0.39, 0.29) is 11.5 Å². The number of nitrogens with zero attached hydrogens (tertiary/aromatic N) is 1. The number of amides is 4. The van der Waals surface area contributed by atoms with Gasteiger partial charge in [0.1, 0.15) is 18.1 Å². The number of halogens is 2. The zero-order valence-electron chi connectivity index (χ0n) is 22.4. The Bertz CT molecular complexity index is 1530. The van der Waals surface area contributed by atoms with Crippen molar-refractivity contribution >= 4 is 74.8 Å². The molecule has 0 aliphatic carbocycles. The molecular weight excluding hydrogens is 680 g/mol. The van der Waals surface area contributed by atoms with Crippen LogP contribution in [0.2, 0.25) is 0 Å². The maximum Gasteiger partial charge on any atom is 0.294 e. The summed E-state index contributed by atoms with van der Waals surface area (Å²) in [6, 6.07) is 15.3. The summed E-state index contributed by atoms with van der Waals surface area (Å²) in [4.78, 5) is 51.5. The van der Waals surface area contributed by atoms with Crippen molar-refractivity contribution in [3.8, 4) is 17.2 Å². The summed E-state index contributed by atoms with van der Waals surface area (Å²) in [6.07, 6.45) is 1.53. The Hall–Kier alpha value is -4.11. The summed E-state index contributed by atoms with van der Waals surface area (Å²) in [5.74, 6) is -0.704. The van der Waals surface area contributed by atoms with Crippen LogP contribution in [-0.4, -0.2) is 54.7 Å². The highest BCUT2D eigenvalue weighted by atomic mass is 127. The molecule has 1 saturated heterocycles. The molecule has 13 heteroatoms. The van der Waals surface area contributed by atoms with E-state index < -0.39 is 35.3 Å². The van der Waals surface area contributed by atoms with Crippen LogP contribution in [0.15, 0.2) is 65.6 Å². The molecule has 0 radical (unpaired) electrons. The fraction of sp³-hybridized carbons (Fsp3) is 0.172. The standard InChI is InChI=1S/C29H25FIN3O7S/c1-3-40-23-13-17(12-22(31)27(23)41-16-26(36)33-19-6-4-18(30)5-7-19)14-24-28(37)34(29(38)42-24)15-25(35)32-20-8-10-21(39-2)11-9-20/h4-14H,3,15-16H2,1-2H3,(H,32,35)(H,33,36)/b24-14+. The number of methoxy groups -OCH3 is 1. The topological polar surface area (TPSA) is 123 Å². The molecule has 1 fully saturated rings. The summed E-state index contributed by atoms with van der Waals surface area (Å²) in [7, 11) is 1.53. The molecule has 1 aliphatic rings. The van der Waals surface area contributed by atoms with Crippen LogP contribution in [0.4, 0.5) is 20.6 Å². The first-order valence-electron chi connectivity index (χ1n) is 12.5. The predicted molar refractivity (Wildman–Crippen MR) is 165 cm³/mol. The number of benzene rings is 3. The highest BCUT2D eigenvalue weighted by molar-refractivity contribution is 14.1. The summed E-state index contributed by atoms with van der Waals surface area (Å²) in [5, 5.41) is 4.71. The van der Waals surface area contributed by atoms with Crippen LogP contribution in [-0.2, 0) is 14.4 Å². The van der Waals surface area contributed by atoms with Crippen LogP contribution in [0, 0.1) is 9.39 Å². The molecular formula is C29H25FIN3O7S. The smallest absolute Gasteiger partial charge is 0.294 e. The molecule has 0 spiro atoms. The molecule has 3 aromatic rings. The third-order valence-corrected chi connectivity index (χ3v) is 7.36. The van der Waals surface area contributed by atoms with E-state index in [1.165, 1.54) is 37.5 Å². The number of hydrogen-bond donors (Lipinski definition) is 2. The normalized spacial score (nSPS) is 13.7. The molecule has 2 N–H and O–H groups in total. The second kappa shape index (κ2) is 14.2. The lowest BCUT2D eigenvalue weighted by Crippen LogP contribution is -2.36. The number of rotatable bonds is 11. The molecule has 0 unspecified atom stereocenters. The lowest BCUT2D eigenvalue weighted by atomic mass is 10.2. The van der Waals surface area contributed by atoms with Crippen molar-refractivity contribution < 1.29 is 37.8 Å². The molecule has 1 aliphatic heterocycles. The number of carbonyl (C=O) groups excluding carboxylic acids is 4. The number of imide groups is 1. The SMILES string of the molecule is CCOc1cc(/C=C2/SC(=O)N(CC(=O)Nc3ccc(OC)cc3)C2=O)cc(I)c1OCC(=O)Nc1ccc(F)cc1. The first-order valence-corrected chi connectivity index (χ1v) is 14.4. The second-order valence-electron chi connectivity index (χ2n) is 8.65. The van der Waals surface area contributed by atoms with Gasteiger partial charge in [-0.15, -0.1) is 0 Å². The molecule has 3 aromatic carbocycles. The molecule has 0 aromatic heterocycles. The highest BCUT2D eigenvalue weighted by Crippen LogP contribution is 2.37. The van der Waals surface area contributed by atoms with Crippen molar-refractivity contribution in [3.63, 3.8) is 0 Å². The number of nitrogens with one attached hydrogen (secondary N) is 2. The third-order valence-electron chi connectivity index (χ3n) is 5.65. The Morgan fingerprint density at radius 1 is 0.976 bits per heavy atom. The van der Waals surface area contributed by atoms with Gasteiger partial charge in [0.2, 0.25) is 5.91 Å². The summed E-state index contributed by atoms with van der Waals surface area (Å²) in [6.45, 7) is 1.32. The van der Waals surface area contributed by atoms with Crippen LogP contribution < -0.4 is 24.8 Å².